The van der Waals surface area contributed by atoms with Crippen LogP contribution in [0, 0.1) is 0 Å². The summed E-state index contributed by atoms with van der Waals surface area (Å²) in [4.78, 5) is 0. The van der Waals surface area contributed by atoms with Gasteiger partial charge in [0, 0.05) is 10.7 Å². The summed E-state index contributed by atoms with van der Waals surface area (Å²) in [6.07, 6.45) is 0. The molecule has 3 aromatic rings. The molecule has 84 valence electrons. The van der Waals surface area contributed by atoms with Gasteiger partial charge in [-0.1, -0.05) is 35.0 Å². The van der Waals surface area contributed by atoms with Crippen LogP contribution < -0.4 is 5.32 Å². The van der Waals surface area contributed by atoms with Crippen LogP contribution in [-0.2, 0) is 0 Å². The lowest BCUT2D eigenvalue weighted by Crippen LogP contribution is -1.90. The lowest BCUT2D eigenvalue weighted by atomic mass is 10.2. The lowest BCUT2D eigenvalue weighted by Gasteiger charge is -2.02. The third-order valence-corrected chi connectivity index (χ3v) is 2.70. The number of benzene rings is 2. The summed E-state index contributed by atoms with van der Waals surface area (Å²) in [5.74, 6) is 0.697. The van der Waals surface area contributed by atoms with Crippen molar-refractivity contribution in [2.45, 2.75) is 0 Å². The lowest BCUT2D eigenvalue weighted by molar-refractivity contribution is 0.460. The third-order valence-electron chi connectivity index (χ3n) is 2.46. The summed E-state index contributed by atoms with van der Waals surface area (Å²) < 4.78 is 5.21. The number of para-hydroxylation sites is 1. The van der Waals surface area contributed by atoms with E-state index in [1.165, 1.54) is 0 Å². The summed E-state index contributed by atoms with van der Waals surface area (Å²) in [7, 11) is 0. The normalized spacial score (nSPS) is 10.6. The van der Waals surface area contributed by atoms with Crippen molar-refractivity contribution in [3.8, 4) is 0 Å². The fourth-order valence-corrected chi connectivity index (χ4v) is 1.87. The van der Waals surface area contributed by atoms with E-state index in [1.807, 2.05) is 48.5 Å². The maximum absolute atomic E-state index is 5.92. The van der Waals surface area contributed by atoms with Gasteiger partial charge in [-0.3, -0.25) is 0 Å². The molecule has 3 nitrogen and oxygen atoms in total. The minimum Gasteiger partial charge on any atom is -0.354 e. The Balaban J connectivity index is 2.00. The molecule has 0 amide bonds. The smallest absolute Gasteiger partial charge is 0.181 e. The Morgan fingerprint density at radius 2 is 1.94 bits per heavy atom. The highest BCUT2D eigenvalue weighted by Gasteiger charge is 2.06. The van der Waals surface area contributed by atoms with Crippen LogP contribution in [0.25, 0.3) is 11.0 Å². The molecule has 3 rings (SSSR count). The average molecular weight is 245 g/mol. The highest BCUT2D eigenvalue weighted by Crippen LogP contribution is 2.26. The van der Waals surface area contributed by atoms with Gasteiger partial charge in [0.25, 0.3) is 0 Å². The molecule has 0 radical (unpaired) electrons. The third kappa shape index (κ3) is 1.97. The van der Waals surface area contributed by atoms with Gasteiger partial charge in [-0.2, -0.15) is 0 Å². The number of fused-ring (bicyclic) bond motifs is 1. The molecular formula is C13H9ClN2O. The molecule has 0 saturated carbocycles. The Bertz CT molecular complexity index is 663. The van der Waals surface area contributed by atoms with Crippen molar-refractivity contribution in [2.75, 3.05) is 5.32 Å². The fourth-order valence-electron chi connectivity index (χ4n) is 1.68. The molecule has 17 heavy (non-hydrogen) atoms. The minimum absolute atomic E-state index is 0.683. The van der Waals surface area contributed by atoms with Crippen molar-refractivity contribution in [3.63, 3.8) is 0 Å². The first-order valence-corrected chi connectivity index (χ1v) is 5.58. The van der Waals surface area contributed by atoms with Crippen LogP contribution in [0.15, 0.2) is 53.1 Å². The monoisotopic (exact) mass is 244 g/mol. The van der Waals surface area contributed by atoms with Gasteiger partial charge < -0.3 is 9.84 Å². The van der Waals surface area contributed by atoms with Crippen molar-refractivity contribution in [1.29, 1.82) is 0 Å². The van der Waals surface area contributed by atoms with E-state index >= 15 is 0 Å². The molecule has 0 unspecified atom stereocenters. The van der Waals surface area contributed by atoms with Gasteiger partial charge in [0.1, 0.15) is 0 Å². The zero-order valence-corrected chi connectivity index (χ0v) is 9.61. The summed E-state index contributed by atoms with van der Waals surface area (Å²) in [5, 5.41) is 8.80. The van der Waals surface area contributed by atoms with E-state index in [9.17, 15) is 0 Å². The highest BCUT2D eigenvalue weighted by atomic mass is 35.5. The number of halogens is 1. The number of rotatable bonds is 2. The molecule has 0 aliphatic carbocycles. The first-order valence-electron chi connectivity index (χ1n) is 5.20. The van der Waals surface area contributed by atoms with Crippen molar-refractivity contribution in [1.82, 2.24) is 5.16 Å². The molecular weight excluding hydrogens is 236 g/mol. The number of aromatic nitrogens is 1. The van der Waals surface area contributed by atoms with Crippen molar-refractivity contribution in [2.24, 2.45) is 0 Å². The summed E-state index contributed by atoms with van der Waals surface area (Å²) >= 11 is 5.92. The second-order valence-corrected chi connectivity index (χ2v) is 4.10. The number of nitrogens with zero attached hydrogens (tertiary/aromatic N) is 1. The SMILES string of the molecule is Clc1cccc(Nc2noc3ccccc23)c1. The molecule has 0 bridgehead atoms. The van der Waals surface area contributed by atoms with E-state index in [-0.39, 0.29) is 0 Å². The predicted octanol–water partition coefficient (Wildman–Crippen LogP) is 4.22. The van der Waals surface area contributed by atoms with Crippen LogP contribution in [-0.4, -0.2) is 5.16 Å². The molecule has 0 atom stereocenters. The average Bonchev–Trinajstić information content (AvgIpc) is 2.73. The van der Waals surface area contributed by atoms with E-state index < -0.39 is 0 Å². The van der Waals surface area contributed by atoms with Crippen molar-refractivity contribution in [3.05, 3.63) is 53.6 Å². The zero-order valence-electron chi connectivity index (χ0n) is 8.85. The van der Waals surface area contributed by atoms with Gasteiger partial charge in [0.05, 0.1) is 5.39 Å². The van der Waals surface area contributed by atoms with Gasteiger partial charge in [-0.05, 0) is 30.3 Å². The Hall–Kier alpha value is -2.00. The Labute approximate surface area is 103 Å². The number of anilines is 2. The maximum atomic E-state index is 5.92. The maximum Gasteiger partial charge on any atom is 0.181 e. The van der Waals surface area contributed by atoms with Crippen molar-refractivity contribution < 1.29 is 4.52 Å². The first-order chi connectivity index (χ1) is 8.33. The highest BCUT2D eigenvalue weighted by molar-refractivity contribution is 6.30. The molecule has 0 aliphatic rings. The van der Waals surface area contributed by atoms with Crippen LogP contribution in [0.1, 0.15) is 0 Å². The molecule has 1 N–H and O–H groups in total. The van der Waals surface area contributed by atoms with Crippen LogP contribution >= 0.6 is 11.6 Å². The summed E-state index contributed by atoms with van der Waals surface area (Å²) in [6, 6.07) is 15.2. The van der Waals surface area contributed by atoms with Gasteiger partial charge >= 0.3 is 0 Å². The Kier molecular flexibility index (Phi) is 2.46. The number of hydrogen-bond acceptors (Lipinski definition) is 3. The van der Waals surface area contributed by atoms with E-state index in [0.29, 0.717) is 10.8 Å². The van der Waals surface area contributed by atoms with E-state index in [4.69, 9.17) is 16.1 Å². The number of hydrogen-bond donors (Lipinski definition) is 1. The summed E-state index contributed by atoms with van der Waals surface area (Å²) in [6.45, 7) is 0. The van der Waals surface area contributed by atoms with Crippen LogP contribution in [0.4, 0.5) is 11.5 Å². The van der Waals surface area contributed by atoms with Crippen LogP contribution in [0.5, 0.6) is 0 Å². The molecule has 0 aliphatic heterocycles. The second-order valence-electron chi connectivity index (χ2n) is 3.66. The Morgan fingerprint density at radius 3 is 2.82 bits per heavy atom. The molecule has 2 aromatic carbocycles. The Morgan fingerprint density at radius 1 is 1.06 bits per heavy atom. The predicted molar refractivity (Wildman–Crippen MR) is 68.7 cm³/mol. The minimum atomic E-state index is 0.683. The molecule has 0 spiro atoms. The van der Waals surface area contributed by atoms with E-state index in [0.717, 1.165) is 16.7 Å². The summed E-state index contributed by atoms with van der Waals surface area (Å²) in [5.41, 5.74) is 1.65. The second kappa shape index (κ2) is 4.11. The fraction of sp³-hybridized carbons (Fsp3) is 0. The first kappa shape index (κ1) is 10.2. The molecule has 4 heteroatoms. The van der Waals surface area contributed by atoms with Gasteiger partial charge in [-0.15, -0.1) is 0 Å². The largest absolute Gasteiger partial charge is 0.354 e. The van der Waals surface area contributed by atoms with Gasteiger partial charge in [0.15, 0.2) is 11.4 Å². The molecule has 1 heterocycles. The van der Waals surface area contributed by atoms with Gasteiger partial charge in [-0.25, -0.2) is 0 Å². The zero-order chi connectivity index (χ0) is 11.7. The van der Waals surface area contributed by atoms with Gasteiger partial charge in [0.2, 0.25) is 0 Å². The standard InChI is InChI=1S/C13H9ClN2O/c14-9-4-3-5-10(8-9)15-13-11-6-1-2-7-12(11)17-16-13/h1-8H,(H,15,16). The number of nitrogens with one attached hydrogen (secondary N) is 1. The van der Waals surface area contributed by atoms with Crippen LogP contribution in [0.3, 0.4) is 0 Å². The van der Waals surface area contributed by atoms with Crippen LogP contribution in [0.2, 0.25) is 5.02 Å². The van der Waals surface area contributed by atoms with Crippen molar-refractivity contribution >= 4 is 34.1 Å². The molecule has 0 saturated heterocycles. The molecule has 0 fully saturated rings. The van der Waals surface area contributed by atoms with E-state index in [2.05, 4.69) is 10.5 Å². The topological polar surface area (TPSA) is 38.1 Å². The quantitative estimate of drug-likeness (QED) is 0.733. The van der Waals surface area contributed by atoms with E-state index in [1.54, 1.807) is 0 Å². The molecule has 1 aromatic heterocycles.